The number of anilines is 1. The number of esters is 1. The van der Waals surface area contributed by atoms with Gasteiger partial charge in [0.05, 0.1) is 38.2 Å². The van der Waals surface area contributed by atoms with Crippen LogP contribution in [-0.2, 0) is 17.9 Å². The summed E-state index contributed by atoms with van der Waals surface area (Å²) in [4.78, 5) is 17.5. The lowest BCUT2D eigenvalue weighted by Crippen LogP contribution is -2.27. The lowest BCUT2D eigenvalue weighted by Gasteiger charge is -2.18. The molecule has 0 amide bonds. The van der Waals surface area contributed by atoms with Gasteiger partial charge in [-0.25, -0.2) is 23.2 Å². The standard InChI is InChI=1S/C17H21F2N5O3/c1-3-27-16(26)13-8-24(22-21-13)7-12-4-5-15(20-14(12)9-25)23-6-11(2)17(18,19)10-23/h4-5,8,11,25H,3,6-7,9-10H2,1-2H3. The second-order valence-corrected chi connectivity index (χ2v) is 6.50. The van der Waals surface area contributed by atoms with Crippen molar-refractivity contribution in [2.75, 3.05) is 24.6 Å². The minimum Gasteiger partial charge on any atom is -0.461 e. The van der Waals surface area contributed by atoms with Gasteiger partial charge in [0.1, 0.15) is 5.82 Å². The number of hydrogen-bond acceptors (Lipinski definition) is 7. The first-order valence-electron chi connectivity index (χ1n) is 8.63. The molecule has 1 saturated heterocycles. The quantitative estimate of drug-likeness (QED) is 0.758. The van der Waals surface area contributed by atoms with Crippen molar-refractivity contribution < 1.29 is 23.4 Å². The molecule has 3 rings (SSSR count). The Balaban J connectivity index is 1.76. The van der Waals surface area contributed by atoms with Gasteiger partial charge in [-0.2, -0.15) is 0 Å². The maximum absolute atomic E-state index is 13.8. The van der Waals surface area contributed by atoms with E-state index in [-0.39, 0.29) is 32.0 Å². The number of alkyl halides is 2. The van der Waals surface area contributed by atoms with Crippen molar-refractivity contribution in [3.05, 3.63) is 35.3 Å². The fourth-order valence-corrected chi connectivity index (χ4v) is 2.94. The Bertz CT molecular complexity index is 827. The molecule has 1 atom stereocenters. The highest BCUT2D eigenvalue weighted by Gasteiger charge is 2.45. The Morgan fingerprint density at radius 1 is 1.44 bits per heavy atom. The van der Waals surface area contributed by atoms with Crippen LogP contribution in [0.15, 0.2) is 18.3 Å². The third kappa shape index (κ3) is 4.05. The van der Waals surface area contributed by atoms with Crippen LogP contribution in [-0.4, -0.2) is 56.7 Å². The van der Waals surface area contributed by atoms with Crippen molar-refractivity contribution in [3.8, 4) is 0 Å². The van der Waals surface area contributed by atoms with Crippen molar-refractivity contribution in [3.63, 3.8) is 0 Å². The van der Waals surface area contributed by atoms with Gasteiger partial charge < -0.3 is 14.7 Å². The molecule has 0 saturated carbocycles. The van der Waals surface area contributed by atoms with Crippen LogP contribution in [0.3, 0.4) is 0 Å². The van der Waals surface area contributed by atoms with Gasteiger partial charge in [-0.05, 0) is 18.6 Å². The fourth-order valence-electron chi connectivity index (χ4n) is 2.94. The molecule has 1 aliphatic rings. The Kier molecular flexibility index (Phi) is 5.36. The Morgan fingerprint density at radius 2 is 2.22 bits per heavy atom. The SMILES string of the molecule is CCOC(=O)c1cn(Cc2ccc(N3CC(C)C(F)(F)C3)nc2CO)nn1. The summed E-state index contributed by atoms with van der Waals surface area (Å²) in [6.45, 7) is 3.13. The summed E-state index contributed by atoms with van der Waals surface area (Å²) in [6.07, 6.45) is 1.44. The predicted octanol–water partition coefficient (Wildman–Crippen LogP) is 1.48. The Hall–Kier alpha value is -2.62. The van der Waals surface area contributed by atoms with E-state index in [1.54, 1.807) is 19.1 Å². The molecule has 0 aromatic carbocycles. The van der Waals surface area contributed by atoms with Gasteiger partial charge in [-0.1, -0.05) is 18.2 Å². The third-order valence-electron chi connectivity index (χ3n) is 4.50. The molecule has 0 bridgehead atoms. The summed E-state index contributed by atoms with van der Waals surface area (Å²) in [7, 11) is 0. The molecule has 0 spiro atoms. The van der Waals surface area contributed by atoms with Gasteiger partial charge in [0, 0.05) is 12.5 Å². The molecule has 2 aromatic rings. The van der Waals surface area contributed by atoms with E-state index in [1.165, 1.54) is 22.7 Å². The van der Waals surface area contributed by atoms with Crippen molar-refractivity contribution in [2.24, 2.45) is 5.92 Å². The summed E-state index contributed by atoms with van der Waals surface area (Å²) in [5.41, 5.74) is 1.10. The molecule has 1 aliphatic heterocycles. The van der Waals surface area contributed by atoms with Gasteiger partial charge in [0.15, 0.2) is 5.69 Å². The second kappa shape index (κ2) is 7.55. The zero-order valence-electron chi connectivity index (χ0n) is 15.1. The molecule has 10 heteroatoms. The number of rotatable bonds is 6. The summed E-state index contributed by atoms with van der Waals surface area (Å²) in [6, 6.07) is 3.35. The fraction of sp³-hybridized carbons (Fsp3) is 0.529. The van der Waals surface area contributed by atoms with Crippen LogP contribution >= 0.6 is 0 Å². The van der Waals surface area contributed by atoms with E-state index < -0.39 is 24.4 Å². The first-order chi connectivity index (χ1) is 12.8. The smallest absolute Gasteiger partial charge is 0.360 e. The maximum Gasteiger partial charge on any atom is 0.360 e. The molecule has 1 fully saturated rings. The molecule has 1 N–H and O–H groups in total. The zero-order chi connectivity index (χ0) is 19.6. The van der Waals surface area contributed by atoms with Crippen molar-refractivity contribution in [1.29, 1.82) is 0 Å². The molecular weight excluding hydrogens is 360 g/mol. The highest BCUT2D eigenvalue weighted by atomic mass is 19.3. The topological polar surface area (TPSA) is 93.4 Å². The van der Waals surface area contributed by atoms with Gasteiger partial charge >= 0.3 is 5.97 Å². The predicted molar refractivity (Wildman–Crippen MR) is 91.6 cm³/mol. The highest BCUT2D eigenvalue weighted by molar-refractivity contribution is 5.86. The van der Waals surface area contributed by atoms with Crippen LogP contribution in [0.25, 0.3) is 0 Å². The largest absolute Gasteiger partial charge is 0.461 e. The van der Waals surface area contributed by atoms with Crippen LogP contribution in [0.4, 0.5) is 14.6 Å². The molecule has 1 unspecified atom stereocenters. The summed E-state index contributed by atoms with van der Waals surface area (Å²) < 4.78 is 33.8. The monoisotopic (exact) mass is 381 g/mol. The number of nitrogens with zero attached hydrogens (tertiary/aromatic N) is 5. The van der Waals surface area contributed by atoms with Crippen LogP contribution in [0.2, 0.25) is 0 Å². The summed E-state index contributed by atoms with van der Waals surface area (Å²) >= 11 is 0. The van der Waals surface area contributed by atoms with Crippen LogP contribution in [0, 0.1) is 5.92 Å². The number of pyridine rings is 1. The zero-order valence-corrected chi connectivity index (χ0v) is 15.1. The van der Waals surface area contributed by atoms with Crippen molar-refractivity contribution in [2.45, 2.75) is 32.9 Å². The van der Waals surface area contributed by atoms with Gasteiger partial charge in [0.2, 0.25) is 0 Å². The number of hydrogen-bond donors (Lipinski definition) is 1. The Morgan fingerprint density at radius 3 is 2.85 bits per heavy atom. The van der Waals surface area contributed by atoms with Crippen molar-refractivity contribution >= 4 is 11.8 Å². The van der Waals surface area contributed by atoms with E-state index in [0.29, 0.717) is 17.1 Å². The van der Waals surface area contributed by atoms with Gasteiger partial charge in [-0.3, -0.25) is 0 Å². The number of aromatic nitrogens is 4. The molecule has 2 aromatic heterocycles. The van der Waals surface area contributed by atoms with Gasteiger partial charge in [0.25, 0.3) is 5.92 Å². The average molecular weight is 381 g/mol. The summed E-state index contributed by atoms with van der Waals surface area (Å²) in [5, 5.41) is 17.3. The molecule has 3 heterocycles. The van der Waals surface area contributed by atoms with Gasteiger partial charge in [-0.15, -0.1) is 5.10 Å². The first kappa shape index (κ1) is 19.2. The number of aliphatic hydroxyl groups is 1. The Labute approximate surface area is 154 Å². The average Bonchev–Trinajstić information content (AvgIpc) is 3.20. The maximum atomic E-state index is 13.8. The molecule has 0 radical (unpaired) electrons. The van der Waals surface area contributed by atoms with E-state index in [1.807, 2.05) is 0 Å². The first-order valence-corrected chi connectivity index (χ1v) is 8.63. The number of ether oxygens (including phenoxy) is 1. The minimum atomic E-state index is -2.76. The lowest BCUT2D eigenvalue weighted by molar-refractivity contribution is -0.0138. The molecular formula is C17H21F2N5O3. The van der Waals surface area contributed by atoms with E-state index >= 15 is 0 Å². The van der Waals surface area contributed by atoms with E-state index in [2.05, 4.69) is 15.3 Å². The third-order valence-corrected chi connectivity index (χ3v) is 4.50. The number of aliphatic hydroxyl groups excluding tert-OH is 1. The van der Waals surface area contributed by atoms with E-state index in [4.69, 9.17) is 4.74 Å². The van der Waals surface area contributed by atoms with E-state index in [9.17, 15) is 18.7 Å². The number of carbonyl (C=O) groups excluding carboxylic acids is 1. The van der Waals surface area contributed by atoms with Crippen LogP contribution in [0.5, 0.6) is 0 Å². The number of carbonyl (C=O) groups is 1. The molecule has 8 nitrogen and oxygen atoms in total. The van der Waals surface area contributed by atoms with E-state index in [0.717, 1.165) is 0 Å². The normalized spacial score (nSPS) is 18.7. The second-order valence-electron chi connectivity index (χ2n) is 6.50. The summed E-state index contributed by atoms with van der Waals surface area (Å²) in [5.74, 6) is -3.68. The highest BCUT2D eigenvalue weighted by Crippen LogP contribution is 2.35. The number of halogens is 2. The minimum absolute atomic E-state index is 0.0836. The molecule has 146 valence electrons. The molecule has 0 aliphatic carbocycles. The lowest BCUT2D eigenvalue weighted by atomic mass is 10.1. The van der Waals surface area contributed by atoms with Crippen LogP contribution in [0.1, 0.15) is 35.6 Å². The van der Waals surface area contributed by atoms with Crippen molar-refractivity contribution in [1.82, 2.24) is 20.0 Å². The van der Waals surface area contributed by atoms with Crippen LogP contribution < -0.4 is 4.90 Å². The molecule has 27 heavy (non-hydrogen) atoms.